The molecule has 9 heteroatoms. The average Bonchev–Trinajstić information content (AvgIpc) is 2.61. The Morgan fingerprint density at radius 1 is 0.786 bits per heavy atom. The number of sulfonamides is 1. The summed E-state index contributed by atoms with van der Waals surface area (Å²) in [7, 11) is -4.01. The average molecular weight is 413 g/mol. The highest BCUT2D eigenvalue weighted by Crippen LogP contribution is 2.37. The lowest BCUT2D eigenvalue weighted by atomic mass is 10.0. The second-order valence-corrected chi connectivity index (χ2v) is 7.46. The van der Waals surface area contributed by atoms with Gasteiger partial charge in [-0.05, 0) is 35.9 Å². The highest BCUT2D eigenvalue weighted by molar-refractivity contribution is 7.92. The summed E-state index contributed by atoms with van der Waals surface area (Å²) in [6.45, 7) is 0. The van der Waals surface area contributed by atoms with Crippen molar-refractivity contribution < 1.29 is 30.4 Å². The highest BCUT2D eigenvalue weighted by atomic mass is 32.2. The van der Waals surface area contributed by atoms with Crippen LogP contribution in [0.15, 0.2) is 71.6 Å². The molecule has 146 valence electrons. The molecule has 0 spiro atoms. The van der Waals surface area contributed by atoms with Crippen LogP contribution in [-0.4, -0.2) is 8.42 Å². The van der Waals surface area contributed by atoms with Gasteiger partial charge in [-0.2, -0.15) is 13.2 Å². The van der Waals surface area contributed by atoms with E-state index in [1.54, 1.807) is 6.07 Å². The number of alkyl halides is 3. The van der Waals surface area contributed by atoms with Crippen molar-refractivity contribution in [3.63, 3.8) is 0 Å². The number of nitrogens with one attached hydrogen (secondary N) is 1. The third-order valence-corrected chi connectivity index (χ3v) is 5.24. The smallest absolute Gasteiger partial charge is 0.279 e. The molecule has 0 bridgehead atoms. The minimum atomic E-state index is -5.19. The van der Waals surface area contributed by atoms with Crippen LogP contribution in [0.1, 0.15) is 5.56 Å². The standard InChI is InChI=1S/C19H12F5NO2S/c20-15-10-12(11-16(21)18(15)19(22,23)24)14-8-4-5-9-17(14)25-28(26,27)13-6-2-1-3-7-13/h1-11,25H. The van der Waals surface area contributed by atoms with Gasteiger partial charge in [-0.1, -0.05) is 36.4 Å². The van der Waals surface area contributed by atoms with Gasteiger partial charge in [0.2, 0.25) is 0 Å². The molecular formula is C19H12F5NO2S. The third kappa shape index (κ3) is 3.99. The van der Waals surface area contributed by atoms with Crippen LogP contribution in [0.2, 0.25) is 0 Å². The molecule has 0 aliphatic heterocycles. The van der Waals surface area contributed by atoms with E-state index in [1.807, 2.05) is 0 Å². The molecule has 3 rings (SSSR count). The Morgan fingerprint density at radius 2 is 1.32 bits per heavy atom. The molecule has 3 aromatic carbocycles. The highest BCUT2D eigenvalue weighted by Gasteiger charge is 2.38. The molecule has 0 aliphatic carbocycles. The van der Waals surface area contributed by atoms with E-state index < -0.39 is 33.4 Å². The number of hydrogen-bond donors (Lipinski definition) is 1. The van der Waals surface area contributed by atoms with E-state index >= 15 is 0 Å². The fourth-order valence-electron chi connectivity index (χ4n) is 2.63. The molecule has 0 aromatic heterocycles. The lowest BCUT2D eigenvalue weighted by Crippen LogP contribution is -2.14. The number of benzene rings is 3. The number of anilines is 1. The number of rotatable bonds is 4. The van der Waals surface area contributed by atoms with Crippen LogP contribution in [-0.2, 0) is 16.2 Å². The van der Waals surface area contributed by atoms with Gasteiger partial charge < -0.3 is 0 Å². The molecular weight excluding hydrogens is 401 g/mol. The number of hydrogen-bond acceptors (Lipinski definition) is 2. The van der Waals surface area contributed by atoms with Crippen molar-refractivity contribution in [3.05, 3.63) is 83.9 Å². The molecule has 0 unspecified atom stereocenters. The first-order chi connectivity index (χ1) is 13.1. The van der Waals surface area contributed by atoms with Gasteiger partial charge in [0.1, 0.15) is 17.2 Å². The van der Waals surface area contributed by atoms with Gasteiger partial charge in [0, 0.05) is 5.56 Å². The summed E-state index contributed by atoms with van der Waals surface area (Å²) in [5.41, 5.74) is -2.26. The van der Waals surface area contributed by atoms with Crippen molar-refractivity contribution in [1.29, 1.82) is 0 Å². The molecule has 3 aromatic rings. The summed E-state index contributed by atoms with van der Waals surface area (Å²) in [5, 5.41) is 0. The molecule has 0 radical (unpaired) electrons. The Bertz CT molecular complexity index is 1090. The zero-order valence-corrected chi connectivity index (χ0v) is 14.8. The zero-order chi connectivity index (χ0) is 20.5. The Morgan fingerprint density at radius 3 is 1.89 bits per heavy atom. The van der Waals surface area contributed by atoms with Crippen LogP contribution in [0, 0.1) is 11.6 Å². The topological polar surface area (TPSA) is 46.2 Å². The minimum Gasteiger partial charge on any atom is -0.279 e. The maximum atomic E-state index is 13.9. The summed E-state index contributed by atoms with van der Waals surface area (Å²) >= 11 is 0. The molecule has 28 heavy (non-hydrogen) atoms. The summed E-state index contributed by atoms with van der Waals surface area (Å²) in [6.07, 6.45) is -5.19. The molecule has 3 nitrogen and oxygen atoms in total. The first-order valence-electron chi connectivity index (χ1n) is 7.83. The van der Waals surface area contributed by atoms with E-state index in [2.05, 4.69) is 4.72 Å². The van der Waals surface area contributed by atoms with Gasteiger partial charge >= 0.3 is 6.18 Å². The first-order valence-corrected chi connectivity index (χ1v) is 9.31. The third-order valence-electron chi connectivity index (χ3n) is 3.86. The summed E-state index contributed by atoms with van der Waals surface area (Å²) < 4.78 is 93.4. The molecule has 0 saturated heterocycles. The monoisotopic (exact) mass is 413 g/mol. The second-order valence-electron chi connectivity index (χ2n) is 5.78. The predicted molar refractivity (Wildman–Crippen MR) is 94.0 cm³/mol. The maximum absolute atomic E-state index is 13.9. The first kappa shape index (κ1) is 19.8. The molecule has 0 saturated carbocycles. The number of para-hydroxylation sites is 1. The van der Waals surface area contributed by atoms with Gasteiger partial charge in [0.25, 0.3) is 10.0 Å². The van der Waals surface area contributed by atoms with E-state index in [9.17, 15) is 30.4 Å². The fourth-order valence-corrected chi connectivity index (χ4v) is 3.73. The molecule has 1 N–H and O–H groups in total. The molecule has 0 atom stereocenters. The van der Waals surface area contributed by atoms with Crippen LogP contribution in [0.5, 0.6) is 0 Å². The normalized spacial score (nSPS) is 12.0. The van der Waals surface area contributed by atoms with Crippen LogP contribution >= 0.6 is 0 Å². The van der Waals surface area contributed by atoms with Gasteiger partial charge in [-0.25, -0.2) is 17.2 Å². The lowest BCUT2D eigenvalue weighted by Gasteiger charge is -2.15. The fraction of sp³-hybridized carbons (Fsp3) is 0.0526. The Kier molecular flexibility index (Phi) is 5.12. The van der Waals surface area contributed by atoms with E-state index in [-0.39, 0.29) is 21.7 Å². The van der Waals surface area contributed by atoms with E-state index in [0.717, 1.165) is 0 Å². The van der Waals surface area contributed by atoms with Gasteiger partial charge in [0.05, 0.1) is 10.6 Å². The molecule has 0 amide bonds. The summed E-state index contributed by atoms with van der Waals surface area (Å²) in [4.78, 5) is -0.0467. The van der Waals surface area contributed by atoms with Crippen molar-refractivity contribution in [1.82, 2.24) is 0 Å². The SMILES string of the molecule is O=S(=O)(Nc1ccccc1-c1cc(F)c(C(F)(F)F)c(F)c1)c1ccccc1. The Hall–Kier alpha value is -2.94. The predicted octanol–water partition coefficient (Wildman–Crippen LogP) is 5.45. The van der Waals surface area contributed by atoms with Crippen LogP contribution in [0.4, 0.5) is 27.6 Å². The van der Waals surface area contributed by atoms with Crippen LogP contribution in [0.25, 0.3) is 11.1 Å². The van der Waals surface area contributed by atoms with Crippen molar-refractivity contribution in [3.8, 4) is 11.1 Å². The van der Waals surface area contributed by atoms with Crippen LogP contribution in [0.3, 0.4) is 0 Å². The number of halogens is 5. The lowest BCUT2D eigenvalue weighted by molar-refractivity contribution is -0.142. The molecule has 0 heterocycles. The second kappa shape index (κ2) is 7.23. The zero-order valence-electron chi connectivity index (χ0n) is 14.0. The van der Waals surface area contributed by atoms with Gasteiger partial charge in [-0.3, -0.25) is 4.72 Å². The summed E-state index contributed by atoms with van der Waals surface area (Å²) in [6, 6.07) is 14.0. The summed E-state index contributed by atoms with van der Waals surface area (Å²) in [5.74, 6) is -3.58. The molecule has 0 fully saturated rings. The minimum absolute atomic E-state index is 0.0218. The Labute approximate surface area is 157 Å². The Balaban J connectivity index is 2.07. The largest absolute Gasteiger partial charge is 0.422 e. The van der Waals surface area contributed by atoms with Crippen molar-refractivity contribution in [2.24, 2.45) is 0 Å². The van der Waals surface area contributed by atoms with Crippen LogP contribution < -0.4 is 4.72 Å². The van der Waals surface area contributed by atoms with Crippen molar-refractivity contribution in [2.75, 3.05) is 4.72 Å². The van der Waals surface area contributed by atoms with Crippen molar-refractivity contribution >= 4 is 15.7 Å². The maximum Gasteiger partial charge on any atom is 0.422 e. The quantitative estimate of drug-likeness (QED) is 0.578. The van der Waals surface area contributed by atoms with E-state index in [4.69, 9.17) is 0 Å². The van der Waals surface area contributed by atoms with E-state index in [0.29, 0.717) is 12.1 Å². The molecule has 0 aliphatic rings. The van der Waals surface area contributed by atoms with Gasteiger partial charge in [0.15, 0.2) is 0 Å². The van der Waals surface area contributed by atoms with Crippen molar-refractivity contribution in [2.45, 2.75) is 11.1 Å². The van der Waals surface area contributed by atoms with E-state index in [1.165, 1.54) is 48.5 Å². The van der Waals surface area contributed by atoms with Gasteiger partial charge in [-0.15, -0.1) is 0 Å².